The normalized spacial score (nSPS) is 9.65. The fourth-order valence-corrected chi connectivity index (χ4v) is 1.68. The number of nitriles is 1. The predicted molar refractivity (Wildman–Crippen MR) is 72.4 cm³/mol. The molecule has 4 heteroatoms. The quantitative estimate of drug-likeness (QED) is 0.809. The Morgan fingerprint density at radius 3 is 2.71 bits per heavy atom. The van der Waals surface area contributed by atoms with Crippen LogP contribution in [0.15, 0.2) is 42.6 Å². The maximum atomic E-state index is 8.72. The van der Waals surface area contributed by atoms with Crippen LogP contribution in [0.4, 0.5) is 0 Å². The van der Waals surface area contributed by atoms with Gasteiger partial charge in [-0.05, 0) is 64.6 Å². The highest BCUT2D eigenvalue weighted by molar-refractivity contribution is 14.1. The second-order valence-corrected chi connectivity index (χ2v) is 4.65. The van der Waals surface area contributed by atoms with Crippen molar-refractivity contribution in [1.82, 2.24) is 4.98 Å². The molecule has 0 aliphatic carbocycles. The number of ether oxygens (including phenoxy) is 1. The average molecular weight is 336 g/mol. The first-order valence-electron chi connectivity index (χ1n) is 5.01. The average Bonchev–Trinajstić information content (AvgIpc) is 2.38. The third-order valence-corrected chi connectivity index (χ3v) is 2.88. The monoisotopic (exact) mass is 336 g/mol. The van der Waals surface area contributed by atoms with Crippen molar-refractivity contribution in [3.05, 3.63) is 57.4 Å². The van der Waals surface area contributed by atoms with Crippen LogP contribution in [-0.2, 0) is 6.61 Å². The molecule has 1 aromatic heterocycles. The van der Waals surface area contributed by atoms with Gasteiger partial charge in [0, 0.05) is 9.77 Å². The number of pyridine rings is 1. The van der Waals surface area contributed by atoms with Crippen molar-refractivity contribution in [2.24, 2.45) is 0 Å². The fourth-order valence-electron chi connectivity index (χ4n) is 1.32. The summed E-state index contributed by atoms with van der Waals surface area (Å²) in [7, 11) is 0. The van der Waals surface area contributed by atoms with Crippen molar-refractivity contribution in [1.29, 1.82) is 5.26 Å². The Hall–Kier alpha value is -1.61. The van der Waals surface area contributed by atoms with Crippen LogP contribution in [0.5, 0.6) is 5.75 Å². The smallest absolute Gasteiger partial charge is 0.140 e. The van der Waals surface area contributed by atoms with Gasteiger partial charge in [0.2, 0.25) is 0 Å². The molecule has 0 radical (unpaired) electrons. The van der Waals surface area contributed by atoms with Gasteiger partial charge in [-0.2, -0.15) is 5.26 Å². The van der Waals surface area contributed by atoms with Gasteiger partial charge in [-0.1, -0.05) is 0 Å². The molecule has 0 saturated carbocycles. The summed E-state index contributed by atoms with van der Waals surface area (Å²) in [5.41, 5.74) is 1.35. The molecular weight excluding hydrogens is 327 g/mol. The zero-order valence-corrected chi connectivity index (χ0v) is 11.1. The first kappa shape index (κ1) is 11.9. The molecule has 0 unspecified atom stereocenters. The van der Waals surface area contributed by atoms with Gasteiger partial charge in [0.25, 0.3) is 0 Å². The molecule has 0 saturated heterocycles. The van der Waals surface area contributed by atoms with Crippen LogP contribution in [0.1, 0.15) is 11.3 Å². The third-order valence-electron chi connectivity index (χ3n) is 2.16. The van der Waals surface area contributed by atoms with E-state index in [-0.39, 0.29) is 0 Å². The van der Waals surface area contributed by atoms with E-state index in [1.54, 1.807) is 12.3 Å². The number of aromatic nitrogens is 1. The third kappa shape index (κ3) is 3.43. The molecule has 0 spiro atoms. The number of rotatable bonds is 3. The minimum absolute atomic E-state index is 0.411. The molecule has 0 fully saturated rings. The van der Waals surface area contributed by atoms with Crippen molar-refractivity contribution < 1.29 is 4.74 Å². The number of benzene rings is 1. The second-order valence-electron chi connectivity index (χ2n) is 3.40. The lowest BCUT2D eigenvalue weighted by Gasteiger charge is -2.06. The minimum Gasteiger partial charge on any atom is -0.489 e. The minimum atomic E-state index is 0.411. The molecule has 0 atom stereocenters. The molecule has 2 rings (SSSR count). The Labute approximate surface area is 113 Å². The Morgan fingerprint density at radius 2 is 2.00 bits per heavy atom. The predicted octanol–water partition coefficient (Wildman–Crippen LogP) is 3.14. The van der Waals surface area contributed by atoms with Crippen LogP contribution in [0.3, 0.4) is 0 Å². The van der Waals surface area contributed by atoms with E-state index in [2.05, 4.69) is 27.6 Å². The van der Waals surface area contributed by atoms with Crippen molar-refractivity contribution in [2.45, 2.75) is 6.61 Å². The lowest BCUT2D eigenvalue weighted by Crippen LogP contribution is -1.96. The van der Waals surface area contributed by atoms with E-state index in [0.29, 0.717) is 12.3 Å². The summed E-state index contributed by atoms with van der Waals surface area (Å²) < 4.78 is 6.78. The SMILES string of the molecule is N#Cc1cc(COc2ccc(I)cc2)ccn1. The molecule has 3 nitrogen and oxygen atoms in total. The van der Waals surface area contributed by atoms with E-state index in [4.69, 9.17) is 10.00 Å². The zero-order chi connectivity index (χ0) is 12.1. The number of hydrogen-bond donors (Lipinski definition) is 0. The summed E-state index contributed by atoms with van der Waals surface area (Å²) in [5.74, 6) is 0.820. The lowest BCUT2D eigenvalue weighted by molar-refractivity contribution is 0.306. The largest absolute Gasteiger partial charge is 0.489 e. The highest BCUT2D eigenvalue weighted by Gasteiger charge is 1.98. The van der Waals surface area contributed by atoms with Crippen LogP contribution in [-0.4, -0.2) is 4.98 Å². The lowest BCUT2D eigenvalue weighted by atomic mass is 10.2. The Bertz CT molecular complexity index is 546. The molecule has 2 aromatic rings. The van der Waals surface area contributed by atoms with E-state index >= 15 is 0 Å². The number of hydrogen-bond acceptors (Lipinski definition) is 3. The topological polar surface area (TPSA) is 45.9 Å². The van der Waals surface area contributed by atoms with E-state index in [1.807, 2.05) is 36.4 Å². The molecule has 0 amide bonds. The first-order valence-corrected chi connectivity index (χ1v) is 6.09. The van der Waals surface area contributed by atoms with Crippen LogP contribution < -0.4 is 4.74 Å². The summed E-state index contributed by atoms with van der Waals surface area (Å²) >= 11 is 2.25. The molecule has 0 aliphatic rings. The zero-order valence-electron chi connectivity index (χ0n) is 8.93. The van der Waals surface area contributed by atoms with Crippen LogP contribution in [0.2, 0.25) is 0 Å². The summed E-state index contributed by atoms with van der Waals surface area (Å²) in [6.07, 6.45) is 1.62. The maximum absolute atomic E-state index is 8.72. The van der Waals surface area contributed by atoms with Crippen LogP contribution >= 0.6 is 22.6 Å². The van der Waals surface area contributed by atoms with E-state index in [0.717, 1.165) is 11.3 Å². The highest BCUT2D eigenvalue weighted by Crippen LogP contribution is 2.15. The van der Waals surface area contributed by atoms with Gasteiger partial charge in [-0.3, -0.25) is 0 Å². The van der Waals surface area contributed by atoms with Crippen LogP contribution in [0, 0.1) is 14.9 Å². The number of halogens is 1. The molecule has 1 heterocycles. The second kappa shape index (κ2) is 5.64. The van der Waals surface area contributed by atoms with Crippen molar-refractivity contribution in [3.63, 3.8) is 0 Å². The van der Waals surface area contributed by atoms with E-state index in [1.165, 1.54) is 3.57 Å². The van der Waals surface area contributed by atoms with Crippen LogP contribution in [0.25, 0.3) is 0 Å². The molecule has 1 aromatic carbocycles. The standard InChI is InChI=1S/C13H9IN2O/c14-11-1-3-13(4-2-11)17-9-10-5-6-16-12(7-10)8-15/h1-7H,9H2. The summed E-state index contributed by atoms with van der Waals surface area (Å²) in [6, 6.07) is 13.4. The first-order chi connectivity index (χ1) is 8.28. The van der Waals surface area contributed by atoms with E-state index < -0.39 is 0 Å². The van der Waals surface area contributed by atoms with Gasteiger partial charge in [0.1, 0.15) is 24.1 Å². The van der Waals surface area contributed by atoms with Crippen molar-refractivity contribution in [3.8, 4) is 11.8 Å². The van der Waals surface area contributed by atoms with E-state index in [9.17, 15) is 0 Å². The fraction of sp³-hybridized carbons (Fsp3) is 0.0769. The van der Waals surface area contributed by atoms with Gasteiger partial charge in [-0.15, -0.1) is 0 Å². The molecule has 17 heavy (non-hydrogen) atoms. The summed E-state index contributed by atoms with van der Waals surface area (Å²) in [6.45, 7) is 0.442. The van der Waals surface area contributed by atoms with Gasteiger partial charge < -0.3 is 4.74 Å². The Kier molecular flexibility index (Phi) is 3.94. The molecule has 0 N–H and O–H groups in total. The number of nitrogens with zero attached hydrogens (tertiary/aromatic N) is 2. The van der Waals surface area contributed by atoms with Crippen molar-refractivity contribution >= 4 is 22.6 Å². The molecule has 0 aliphatic heterocycles. The summed E-state index contributed by atoms with van der Waals surface area (Å²) in [5, 5.41) is 8.72. The maximum Gasteiger partial charge on any atom is 0.140 e. The molecular formula is C13H9IN2O. The van der Waals surface area contributed by atoms with Crippen molar-refractivity contribution in [2.75, 3.05) is 0 Å². The Morgan fingerprint density at radius 1 is 1.24 bits per heavy atom. The van der Waals surface area contributed by atoms with Gasteiger partial charge in [0.15, 0.2) is 0 Å². The Balaban J connectivity index is 2.02. The molecule has 0 bridgehead atoms. The van der Waals surface area contributed by atoms with Gasteiger partial charge in [0.05, 0.1) is 0 Å². The molecule has 84 valence electrons. The summed E-state index contributed by atoms with van der Waals surface area (Å²) in [4.78, 5) is 3.91. The van der Waals surface area contributed by atoms with Gasteiger partial charge in [-0.25, -0.2) is 4.98 Å². The highest BCUT2D eigenvalue weighted by atomic mass is 127. The van der Waals surface area contributed by atoms with Gasteiger partial charge >= 0.3 is 0 Å².